The molecular formula is C31H29FN4O4. The lowest BCUT2D eigenvalue weighted by Gasteiger charge is -2.30. The van der Waals surface area contributed by atoms with Crippen LogP contribution in [0.3, 0.4) is 0 Å². The zero-order valence-electron chi connectivity index (χ0n) is 22.1. The Morgan fingerprint density at radius 2 is 2.00 bits per heavy atom. The second kappa shape index (κ2) is 10.7. The first kappa shape index (κ1) is 25.9. The number of aryl methyl sites for hydroxylation is 1. The molecule has 1 amide bonds. The first-order valence-electron chi connectivity index (χ1n) is 13.4. The molecule has 1 N–H and O–H groups in total. The highest BCUT2D eigenvalue weighted by Crippen LogP contribution is 2.35. The second-order valence-electron chi connectivity index (χ2n) is 10.4. The number of carboxylic acids is 1. The van der Waals surface area contributed by atoms with Crippen molar-refractivity contribution in [2.24, 2.45) is 0 Å². The average molecular weight is 541 g/mol. The molecule has 0 saturated carbocycles. The van der Waals surface area contributed by atoms with Gasteiger partial charge in [-0.15, -0.1) is 5.10 Å². The molecule has 5 aliphatic heterocycles. The molecule has 0 radical (unpaired) electrons. The lowest BCUT2D eigenvalue weighted by molar-refractivity contribution is -0.137. The summed E-state index contributed by atoms with van der Waals surface area (Å²) < 4.78 is 22.5. The molecule has 4 aromatic rings. The van der Waals surface area contributed by atoms with Crippen LogP contribution in [0.4, 0.5) is 4.39 Å². The normalized spacial score (nSPS) is 18.3. The van der Waals surface area contributed by atoms with Crippen LogP contribution in [0.15, 0.2) is 60.7 Å². The minimum absolute atomic E-state index is 0.0309. The molecule has 9 rings (SSSR count). The largest absolute Gasteiger partial charge is 0.481 e. The number of aliphatic carboxylic acids is 1. The summed E-state index contributed by atoms with van der Waals surface area (Å²) in [5, 5.41) is 18.6. The zero-order chi connectivity index (χ0) is 27.8. The smallest absolute Gasteiger partial charge is 0.304 e. The van der Waals surface area contributed by atoms with E-state index in [0.717, 1.165) is 38.9 Å². The molecule has 1 aromatic heterocycles. The van der Waals surface area contributed by atoms with Crippen molar-refractivity contribution in [2.45, 2.75) is 45.4 Å². The summed E-state index contributed by atoms with van der Waals surface area (Å²) in [4.78, 5) is 27.0. The van der Waals surface area contributed by atoms with Gasteiger partial charge in [0.2, 0.25) is 0 Å². The van der Waals surface area contributed by atoms with Gasteiger partial charge in [-0.2, -0.15) is 0 Å². The molecule has 0 fully saturated rings. The summed E-state index contributed by atoms with van der Waals surface area (Å²) in [6.07, 6.45) is 4.34. The van der Waals surface area contributed by atoms with Crippen molar-refractivity contribution in [1.82, 2.24) is 19.9 Å². The molecule has 9 heteroatoms. The highest BCUT2D eigenvalue weighted by Gasteiger charge is 2.27. The number of ether oxygens (including phenoxy) is 1. The third kappa shape index (κ3) is 4.88. The van der Waals surface area contributed by atoms with Gasteiger partial charge in [-0.25, -0.2) is 9.07 Å². The van der Waals surface area contributed by atoms with Crippen molar-refractivity contribution < 1.29 is 23.8 Å². The molecule has 5 aliphatic rings. The summed E-state index contributed by atoms with van der Waals surface area (Å²) in [6, 6.07) is 14.5. The Bertz CT molecular complexity index is 1660. The maximum absolute atomic E-state index is 15.0. The fraction of sp³-hybridized carbons (Fsp3) is 0.290. The molecule has 3 aromatic carbocycles. The fourth-order valence-electron chi connectivity index (χ4n) is 5.72. The minimum atomic E-state index is -0.907. The van der Waals surface area contributed by atoms with Gasteiger partial charge < -0.3 is 14.7 Å². The number of carbonyl (C=O) groups excluding carboxylic acids is 1. The number of hydrogen-bond donors (Lipinski definition) is 1. The maximum Gasteiger partial charge on any atom is 0.304 e. The van der Waals surface area contributed by atoms with Gasteiger partial charge in [-0.05, 0) is 64.9 Å². The van der Waals surface area contributed by atoms with Crippen LogP contribution in [0.2, 0.25) is 0 Å². The Hall–Kier alpha value is -4.37. The SMILES string of the molecule is Cc1c2ccc3c1nnn3C/C=C/COCc1ccc(c(F)c1)C(=O)N1CCc3ccc(cc3C1)C2CC(=O)O. The third-order valence-corrected chi connectivity index (χ3v) is 7.86. The highest BCUT2D eigenvalue weighted by atomic mass is 19.1. The molecule has 9 bridgehead atoms. The molecule has 40 heavy (non-hydrogen) atoms. The molecule has 1 atom stereocenters. The van der Waals surface area contributed by atoms with Crippen LogP contribution in [0.1, 0.15) is 56.1 Å². The average Bonchev–Trinajstić information content (AvgIpc) is 3.36. The standard InChI is InChI=1S/C31H29FN4O4/c1-19-24-8-9-28-30(19)33-34-36(28)11-2-3-13-40-18-20-4-7-25(27(32)14-20)31(39)35-12-10-21-5-6-22(15-23(21)17-35)26(24)16-29(37)38/h2-9,14-15,26H,10-13,16-18H2,1H3,(H,37,38)/b3-2+. The summed E-state index contributed by atoms with van der Waals surface area (Å²) in [5.74, 6) is -2.25. The van der Waals surface area contributed by atoms with Gasteiger partial charge in [0, 0.05) is 19.0 Å². The lowest BCUT2D eigenvalue weighted by Crippen LogP contribution is -2.36. The van der Waals surface area contributed by atoms with E-state index in [1.807, 2.05) is 49.4 Å². The van der Waals surface area contributed by atoms with E-state index in [1.165, 1.54) is 12.1 Å². The number of benzene rings is 3. The van der Waals surface area contributed by atoms with Gasteiger partial charge in [-0.3, -0.25) is 9.59 Å². The topological polar surface area (TPSA) is 97.5 Å². The molecular weight excluding hydrogens is 511 g/mol. The number of rotatable bonds is 2. The van der Waals surface area contributed by atoms with Crippen LogP contribution in [0.25, 0.3) is 11.0 Å². The van der Waals surface area contributed by atoms with Gasteiger partial charge in [0.25, 0.3) is 5.91 Å². The molecule has 0 spiro atoms. The first-order chi connectivity index (χ1) is 19.4. The van der Waals surface area contributed by atoms with Gasteiger partial charge >= 0.3 is 5.97 Å². The first-order valence-corrected chi connectivity index (χ1v) is 13.4. The maximum atomic E-state index is 15.0. The Labute approximate surface area is 230 Å². The zero-order valence-corrected chi connectivity index (χ0v) is 22.1. The molecule has 0 aliphatic carbocycles. The van der Waals surface area contributed by atoms with E-state index in [2.05, 4.69) is 10.3 Å². The van der Waals surface area contributed by atoms with E-state index < -0.39 is 17.7 Å². The number of aromatic nitrogens is 3. The molecule has 6 heterocycles. The van der Waals surface area contributed by atoms with Crippen LogP contribution >= 0.6 is 0 Å². The predicted molar refractivity (Wildman–Crippen MR) is 146 cm³/mol. The lowest BCUT2D eigenvalue weighted by atomic mass is 9.83. The van der Waals surface area contributed by atoms with Gasteiger partial charge in [-0.1, -0.05) is 47.7 Å². The Morgan fingerprint density at radius 3 is 2.83 bits per heavy atom. The van der Waals surface area contributed by atoms with Gasteiger partial charge in [0.05, 0.1) is 37.3 Å². The van der Waals surface area contributed by atoms with Gasteiger partial charge in [0.1, 0.15) is 11.3 Å². The quantitative estimate of drug-likeness (QED) is 0.368. The van der Waals surface area contributed by atoms with Gasteiger partial charge in [0.15, 0.2) is 0 Å². The van der Waals surface area contributed by atoms with E-state index in [9.17, 15) is 14.7 Å². The predicted octanol–water partition coefficient (Wildman–Crippen LogP) is 4.77. The second-order valence-corrected chi connectivity index (χ2v) is 10.4. The van der Waals surface area contributed by atoms with Crippen molar-refractivity contribution in [3.8, 4) is 0 Å². The van der Waals surface area contributed by atoms with Crippen LogP contribution in [0, 0.1) is 12.7 Å². The van der Waals surface area contributed by atoms with Crippen molar-refractivity contribution in [3.63, 3.8) is 0 Å². The number of nitrogens with zero attached hydrogens (tertiary/aromatic N) is 4. The molecule has 204 valence electrons. The number of carbonyl (C=O) groups is 2. The summed E-state index contributed by atoms with van der Waals surface area (Å²) in [7, 11) is 0. The van der Waals surface area contributed by atoms with Crippen molar-refractivity contribution in [2.75, 3.05) is 13.2 Å². The number of halogens is 1. The van der Waals surface area contributed by atoms with Crippen LogP contribution in [-0.4, -0.2) is 50.0 Å². The van der Waals surface area contributed by atoms with E-state index >= 15 is 4.39 Å². The Kier molecular flexibility index (Phi) is 6.89. The monoisotopic (exact) mass is 540 g/mol. The van der Waals surface area contributed by atoms with E-state index in [0.29, 0.717) is 38.2 Å². The van der Waals surface area contributed by atoms with E-state index in [4.69, 9.17) is 4.74 Å². The number of hydrogen-bond acceptors (Lipinski definition) is 5. The highest BCUT2D eigenvalue weighted by molar-refractivity contribution is 5.94. The van der Waals surface area contributed by atoms with Crippen molar-refractivity contribution in [1.29, 1.82) is 0 Å². The molecule has 8 nitrogen and oxygen atoms in total. The molecule has 0 saturated heterocycles. The number of allylic oxidation sites excluding steroid dienone is 1. The van der Waals surface area contributed by atoms with Crippen LogP contribution in [0.5, 0.6) is 0 Å². The Morgan fingerprint density at radius 1 is 1.12 bits per heavy atom. The van der Waals surface area contributed by atoms with Crippen LogP contribution in [-0.2, 0) is 35.6 Å². The summed E-state index contributed by atoms with van der Waals surface area (Å²) in [5.41, 5.74) is 6.93. The minimum Gasteiger partial charge on any atom is -0.481 e. The third-order valence-electron chi connectivity index (χ3n) is 7.86. The van der Waals surface area contributed by atoms with E-state index in [-0.39, 0.29) is 24.5 Å². The van der Waals surface area contributed by atoms with Crippen LogP contribution < -0.4 is 0 Å². The van der Waals surface area contributed by atoms with Crippen molar-refractivity contribution >= 4 is 22.9 Å². The van der Waals surface area contributed by atoms with Crippen molar-refractivity contribution in [3.05, 3.63) is 105 Å². The summed E-state index contributed by atoms with van der Waals surface area (Å²) >= 11 is 0. The summed E-state index contributed by atoms with van der Waals surface area (Å²) in [6.45, 7) is 3.80. The molecule has 1 unspecified atom stereocenters. The Balaban J connectivity index is 1.44. The number of carboxylic acid groups (broad SMARTS) is 1. The van der Waals surface area contributed by atoms with E-state index in [1.54, 1.807) is 15.6 Å². The fourth-order valence-corrected chi connectivity index (χ4v) is 5.72. The number of amides is 1.